The summed E-state index contributed by atoms with van der Waals surface area (Å²) in [5, 5.41) is 50.4. The molecule has 0 bridgehead atoms. The highest BCUT2D eigenvalue weighted by molar-refractivity contribution is 7.88. The number of carbonyl (C=O) groups is 2. The van der Waals surface area contributed by atoms with Gasteiger partial charge in [-0.25, -0.2) is 22.3 Å². The quantitative estimate of drug-likeness (QED) is 0.124. The molecule has 1 unspecified atom stereocenters. The molecule has 0 aliphatic carbocycles. The fourth-order valence-corrected chi connectivity index (χ4v) is 6.07. The molecular formula is C34H35FN2O11S. The molecule has 0 saturated carbocycles. The summed E-state index contributed by atoms with van der Waals surface area (Å²) in [4.78, 5) is 26.6. The first-order chi connectivity index (χ1) is 23.2. The molecule has 2 aliphatic rings. The summed E-state index contributed by atoms with van der Waals surface area (Å²) < 4.78 is 49.0. The summed E-state index contributed by atoms with van der Waals surface area (Å²) >= 11 is 0. The van der Waals surface area contributed by atoms with Gasteiger partial charge in [-0.05, 0) is 72.5 Å². The van der Waals surface area contributed by atoms with Crippen LogP contribution in [0.3, 0.4) is 0 Å². The van der Waals surface area contributed by atoms with Crippen LogP contribution in [-0.4, -0.2) is 89.3 Å². The second-order valence-corrected chi connectivity index (χ2v) is 13.6. The highest BCUT2D eigenvalue weighted by Gasteiger charge is 2.49. The van der Waals surface area contributed by atoms with Gasteiger partial charge in [-0.15, -0.1) is 0 Å². The van der Waals surface area contributed by atoms with Gasteiger partial charge in [-0.1, -0.05) is 36.1 Å². The van der Waals surface area contributed by atoms with E-state index in [4.69, 9.17) is 9.47 Å². The van der Waals surface area contributed by atoms with Crippen LogP contribution in [0.15, 0.2) is 72.8 Å². The maximum atomic E-state index is 13.6. The maximum Gasteiger partial charge on any atom is 0.335 e. The van der Waals surface area contributed by atoms with Gasteiger partial charge in [-0.3, -0.25) is 4.79 Å². The van der Waals surface area contributed by atoms with Crippen LogP contribution >= 0.6 is 0 Å². The van der Waals surface area contributed by atoms with Crippen LogP contribution in [0.25, 0.3) is 0 Å². The molecule has 2 saturated heterocycles. The third-order valence-electron chi connectivity index (χ3n) is 8.31. The number of β-lactam (4-membered cyclic amide) rings is 1. The molecule has 2 fully saturated rings. The lowest BCUT2D eigenvalue weighted by atomic mass is 9.78. The molecule has 5 rings (SSSR count). The summed E-state index contributed by atoms with van der Waals surface area (Å²) in [6.45, 7) is -0.0626. The summed E-state index contributed by atoms with van der Waals surface area (Å²) in [6.07, 6.45) is -8.25. The fraction of sp³-hybridized carbons (Fsp3) is 0.353. The van der Waals surface area contributed by atoms with Crippen LogP contribution in [0.1, 0.15) is 41.7 Å². The number of nitrogens with one attached hydrogen (secondary N) is 1. The molecule has 8 atom stereocenters. The monoisotopic (exact) mass is 698 g/mol. The van der Waals surface area contributed by atoms with E-state index in [9.17, 15) is 47.9 Å². The van der Waals surface area contributed by atoms with Crippen molar-refractivity contribution in [3.63, 3.8) is 0 Å². The molecule has 0 radical (unpaired) electrons. The van der Waals surface area contributed by atoms with Crippen molar-refractivity contribution in [2.45, 2.75) is 55.7 Å². The molecule has 0 aromatic heterocycles. The van der Waals surface area contributed by atoms with Gasteiger partial charge in [-0.2, -0.15) is 0 Å². The number of halogens is 1. The molecule has 1 amide bonds. The first-order valence-corrected chi connectivity index (χ1v) is 17.1. The highest BCUT2D eigenvalue weighted by atomic mass is 32.2. The first kappa shape index (κ1) is 35.9. The second-order valence-electron chi connectivity index (χ2n) is 11.8. The molecule has 0 spiro atoms. The SMILES string of the molecule is CS(=O)(=O)NCC#Cc1ccc(N2C(=O)[C@H](CC[C@H](O)c3ccc(F)cc3)C2c2ccc(O[C@@H]3O[C@H](C(=O)O)[C@@H](O)[C@H](O)[C@H]3O)cc2)cc1. The normalized spacial score (nSPS) is 25.9. The number of aliphatic hydroxyl groups is 4. The van der Waals surface area contributed by atoms with Crippen LogP contribution in [-0.2, 0) is 24.3 Å². The van der Waals surface area contributed by atoms with Crippen LogP contribution in [0.2, 0.25) is 0 Å². The summed E-state index contributed by atoms with van der Waals surface area (Å²) in [5.41, 5.74) is 2.37. The van der Waals surface area contributed by atoms with Crippen molar-refractivity contribution in [2.75, 3.05) is 17.7 Å². The Morgan fingerprint density at radius 3 is 2.27 bits per heavy atom. The Morgan fingerprint density at radius 1 is 1.00 bits per heavy atom. The Labute approximate surface area is 281 Å². The molecular weight excluding hydrogens is 663 g/mol. The zero-order chi connectivity index (χ0) is 35.5. The minimum Gasteiger partial charge on any atom is -0.479 e. The van der Waals surface area contributed by atoms with Gasteiger partial charge in [0.15, 0.2) is 6.10 Å². The zero-order valence-electron chi connectivity index (χ0n) is 26.1. The number of benzene rings is 3. The number of ether oxygens (including phenoxy) is 2. The number of nitrogens with zero attached hydrogens (tertiary/aromatic N) is 1. The molecule has 3 aromatic rings. The Balaban J connectivity index is 1.35. The van der Waals surface area contributed by atoms with E-state index in [0.717, 1.165) is 6.26 Å². The number of aliphatic carboxylic acids is 1. The third kappa shape index (κ3) is 8.43. The average molecular weight is 699 g/mol. The van der Waals surface area contributed by atoms with Gasteiger partial charge < -0.3 is 39.9 Å². The van der Waals surface area contributed by atoms with Gasteiger partial charge in [0, 0.05) is 11.3 Å². The van der Waals surface area contributed by atoms with Crippen LogP contribution in [0.4, 0.5) is 10.1 Å². The minimum atomic E-state index is -3.38. The largest absolute Gasteiger partial charge is 0.479 e. The number of sulfonamides is 1. The van der Waals surface area contributed by atoms with Crippen molar-refractivity contribution >= 4 is 27.6 Å². The van der Waals surface area contributed by atoms with Gasteiger partial charge >= 0.3 is 5.97 Å². The van der Waals surface area contributed by atoms with Gasteiger partial charge in [0.2, 0.25) is 22.2 Å². The van der Waals surface area contributed by atoms with E-state index < -0.39 is 70.6 Å². The van der Waals surface area contributed by atoms with Crippen LogP contribution in [0.5, 0.6) is 5.75 Å². The maximum absolute atomic E-state index is 13.6. The number of carboxylic acids is 1. The Hall–Kier alpha value is -4.40. The van der Waals surface area contributed by atoms with E-state index in [1.807, 2.05) is 0 Å². The highest BCUT2D eigenvalue weighted by Crippen LogP contribution is 2.46. The number of hydrogen-bond donors (Lipinski definition) is 6. The number of aliphatic hydroxyl groups excluding tert-OH is 4. The molecule has 260 valence electrons. The van der Waals surface area contributed by atoms with Crippen molar-refractivity contribution in [3.05, 3.63) is 95.3 Å². The number of hydrogen-bond acceptors (Lipinski definition) is 10. The van der Waals surface area contributed by atoms with Crippen molar-refractivity contribution in [3.8, 4) is 17.6 Å². The summed E-state index contributed by atoms with van der Waals surface area (Å²) in [7, 11) is -3.38. The Bertz CT molecular complexity index is 1810. The van der Waals surface area contributed by atoms with E-state index in [1.165, 1.54) is 36.4 Å². The van der Waals surface area contributed by atoms with Crippen molar-refractivity contribution in [1.82, 2.24) is 4.72 Å². The Kier molecular flexibility index (Phi) is 11.0. The number of anilines is 1. The lowest BCUT2D eigenvalue weighted by Gasteiger charge is -2.48. The van der Waals surface area contributed by atoms with Crippen LogP contribution in [0, 0.1) is 23.6 Å². The fourth-order valence-electron chi connectivity index (χ4n) is 5.73. The number of rotatable bonds is 11. The smallest absolute Gasteiger partial charge is 0.335 e. The topological polar surface area (TPSA) is 203 Å². The molecule has 2 heterocycles. The average Bonchev–Trinajstić information content (AvgIpc) is 3.06. The van der Waals surface area contributed by atoms with E-state index >= 15 is 0 Å². The van der Waals surface area contributed by atoms with Crippen LogP contribution < -0.4 is 14.4 Å². The van der Waals surface area contributed by atoms with E-state index in [1.54, 1.807) is 41.3 Å². The molecule has 3 aromatic carbocycles. The van der Waals surface area contributed by atoms with Crippen molar-refractivity contribution in [1.29, 1.82) is 0 Å². The van der Waals surface area contributed by atoms with Crippen molar-refractivity contribution < 1.29 is 57.4 Å². The number of amides is 1. The lowest BCUT2D eigenvalue weighted by Crippen LogP contribution is -2.61. The zero-order valence-corrected chi connectivity index (χ0v) is 26.9. The third-order valence-corrected chi connectivity index (χ3v) is 8.98. The van der Waals surface area contributed by atoms with Gasteiger partial charge in [0.1, 0.15) is 29.9 Å². The van der Waals surface area contributed by atoms with Gasteiger partial charge in [0.25, 0.3) is 0 Å². The molecule has 13 nitrogen and oxygen atoms in total. The number of carboxylic acid groups (broad SMARTS) is 1. The lowest BCUT2D eigenvalue weighted by molar-refractivity contribution is -0.271. The molecule has 49 heavy (non-hydrogen) atoms. The van der Waals surface area contributed by atoms with Gasteiger partial charge in [0.05, 0.1) is 30.9 Å². The van der Waals surface area contributed by atoms with E-state index in [0.29, 0.717) is 28.8 Å². The Morgan fingerprint density at radius 2 is 1.65 bits per heavy atom. The standard InChI is InChI=1S/C34H35FN2O11S/c1-49(45,46)36-18-2-3-19-4-12-23(13-5-19)37-27(25(32(37)42)16-17-26(38)20-6-10-22(35)11-7-20)21-8-14-24(15-9-21)47-34-30(41)28(39)29(40)31(48-34)33(43)44/h4-15,25-31,34,36,38-41H,16-18H2,1H3,(H,43,44)/t25-,26+,27?,28+,29+,30-,31+,34-/m1/s1. The second kappa shape index (κ2) is 15.0. The molecule has 15 heteroatoms. The van der Waals surface area contributed by atoms with E-state index in [-0.39, 0.29) is 24.6 Å². The summed E-state index contributed by atoms with van der Waals surface area (Å²) in [6, 6.07) is 18.2. The number of carbonyl (C=O) groups excluding carboxylic acids is 1. The van der Waals surface area contributed by atoms with Crippen molar-refractivity contribution in [2.24, 2.45) is 5.92 Å². The minimum absolute atomic E-state index is 0.0626. The predicted octanol–water partition coefficient (Wildman–Crippen LogP) is 1.22. The van der Waals surface area contributed by atoms with E-state index in [2.05, 4.69) is 16.6 Å². The molecule has 2 aliphatic heterocycles. The summed E-state index contributed by atoms with van der Waals surface area (Å²) in [5.74, 6) is 3.01. The first-order valence-electron chi connectivity index (χ1n) is 15.2. The molecule has 6 N–H and O–H groups in total. The predicted molar refractivity (Wildman–Crippen MR) is 172 cm³/mol.